The van der Waals surface area contributed by atoms with E-state index in [4.69, 9.17) is 21.9 Å². The van der Waals surface area contributed by atoms with Crippen molar-refractivity contribution in [1.82, 2.24) is 24.8 Å². The minimum Gasteiger partial charge on any atom is -0.490 e. The Morgan fingerprint density at radius 2 is 1.66 bits per heavy atom. The van der Waals surface area contributed by atoms with Crippen molar-refractivity contribution in [2.45, 2.75) is 6.18 Å². The van der Waals surface area contributed by atoms with Crippen LogP contribution in [0.3, 0.4) is 0 Å². The maximum atomic E-state index is 13.2. The average molecular weight is 539 g/mol. The molecule has 2 aromatic heterocycles. The Labute approximate surface area is 221 Å². The summed E-state index contributed by atoms with van der Waals surface area (Å²) in [6, 6.07) is 16.9. The molecule has 1 aliphatic rings. The van der Waals surface area contributed by atoms with Crippen LogP contribution in [0.15, 0.2) is 60.7 Å². The van der Waals surface area contributed by atoms with Gasteiger partial charge in [0, 0.05) is 38.3 Å². The summed E-state index contributed by atoms with van der Waals surface area (Å²) < 4.78 is 46.2. The molecule has 7 nitrogen and oxygen atoms in total. The molecule has 0 radical (unpaired) electrons. The SMILES string of the molecule is FC(F)(F)c1cccc(-c2nc3c(N4CCN(CCOc5cccc6[nH]c(=S)[nH]c56)CC4)cccc3[nH]2)c1. The number of nitrogens with zero attached hydrogens (tertiary/aromatic N) is 3. The first-order valence-corrected chi connectivity index (χ1v) is 12.7. The number of H-pyrrole nitrogens is 3. The zero-order chi connectivity index (χ0) is 26.3. The lowest BCUT2D eigenvalue weighted by Gasteiger charge is -2.36. The van der Waals surface area contributed by atoms with Crippen molar-refractivity contribution in [3.05, 3.63) is 71.0 Å². The fourth-order valence-corrected chi connectivity index (χ4v) is 5.11. The second kappa shape index (κ2) is 9.80. The molecule has 0 atom stereocenters. The molecule has 5 aromatic rings. The number of aromatic amines is 3. The van der Waals surface area contributed by atoms with Crippen LogP contribution in [0.25, 0.3) is 33.5 Å². The van der Waals surface area contributed by atoms with Crippen LogP contribution >= 0.6 is 12.2 Å². The molecule has 0 unspecified atom stereocenters. The number of imidazole rings is 2. The summed E-state index contributed by atoms with van der Waals surface area (Å²) in [6.45, 7) is 4.70. The molecule has 0 saturated carbocycles. The predicted octanol–water partition coefficient (Wildman–Crippen LogP) is 5.99. The second-order valence-electron chi connectivity index (χ2n) is 9.27. The number of ether oxygens (including phenoxy) is 1. The van der Waals surface area contributed by atoms with E-state index in [2.05, 4.69) is 24.8 Å². The third-order valence-electron chi connectivity index (χ3n) is 6.85. The van der Waals surface area contributed by atoms with Crippen LogP contribution in [0.2, 0.25) is 0 Å². The van der Waals surface area contributed by atoms with Gasteiger partial charge in [-0.15, -0.1) is 0 Å². The smallest absolute Gasteiger partial charge is 0.416 e. The maximum absolute atomic E-state index is 13.2. The first-order chi connectivity index (χ1) is 18.3. The van der Waals surface area contributed by atoms with Gasteiger partial charge in [0.15, 0.2) is 4.77 Å². The quantitative estimate of drug-likeness (QED) is 0.232. The third-order valence-corrected chi connectivity index (χ3v) is 7.05. The Morgan fingerprint density at radius 3 is 2.47 bits per heavy atom. The van der Waals surface area contributed by atoms with E-state index in [1.165, 1.54) is 6.07 Å². The number of hydrogen-bond donors (Lipinski definition) is 3. The van der Waals surface area contributed by atoms with Crippen LogP contribution in [0.5, 0.6) is 5.75 Å². The number of benzene rings is 3. The van der Waals surface area contributed by atoms with Crippen LogP contribution in [-0.4, -0.2) is 64.2 Å². The molecule has 0 aliphatic carbocycles. The van der Waals surface area contributed by atoms with E-state index in [1.807, 2.05) is 36.4 Å². The van der Waals surface area contributed by atoms with E-state index in [-0.39, 0.29) is 0 Å². The summed E-state index contributed by atoms with van der Waals surface area (Å²) in [5, 5.41) is 0. The number of fused-ring (bicyclic) bond motifs is 2. The molecule has 0 bridgehead atoms. The average Bonchev–Trinajstić information content (AvgIpc) is 3.52. The Bertz CT molecular complexity index is 1650. The van der Waals surface area contributed by atoms with Gasteiger partial charge in [-0.25, -0.2) is 4.98 Å². The molecule has 11 heteroatoms. The summed E-state index contributed by atoms with van der Waals surface area (Å²) in [6.07, 6.45) is -4.40. The standard InChI is InChI=1S/C27H25F3N6OS/c28-27(29,30)18-5-1-4-17(16-18)25-31-19-6-2-8-21(23(19)33-25)36-12-10-35(11-13-36)14-15-37-22-9-3-7-20-24(22)34-26(38)32-20/h1-9,16H,10-15H2,(H,31,33)(H2,32,34,38). The van der Waals surface area contributed by atoms with Gasteiger partial charge < -0.3 is 24.6 Å². The van der Waals surface area contributed by atoms with Gasteiger partial charge in [-0.2, -0.15) is 13.2 Å². The monoisotopic (exact) mass is 538 g/mol. The number of nitrogens with one attached hydrogen (secondary N) is 3. The molecular formula is C27H25F3N6OS. The van der Waals surface area contributed by atoms with Crippen molar-refractivity contribution in [3.8, 4) is 17.1 Å². The van der Waals surface area contributed by atoms with Crippen LogP contribution in [0.1, 0.15) is 5.56 Å². The Morgan fingerprint density at radius 1 is 0.895 bits per heavy atom. The Balaban J connectivity index is 1.11. The summed E-state index contributed by atoms with van der Waals surface area (Å²) >= 11 is 5.19. The maximum Gasteiger partial charge on any atom is 0.416 e. The Hall–Kier alpha value is -3.83. The molecule has 1 aliphatic heterocycles. The van der Waals surface area contributed by atoms with Crippen LogP contribution in [0.4, 0.5) is 18.9 Å². The lowest BCUT2D eigenvalue weighted by Crippen LogP contribution is -2.47. The van der Waals surface area contributed by atoms with Gasteiger partial charge in [-0.1, -0.05) is 24.3 Å². The van der Waals surface area contributed by atoms with Gasteiger partial charge in [-0.05, 0) is 48.6 Å². The third kappa shape index (κ3) is 4.86. The van der Waals surface area contributed by atoms with Gasteiger partial charge >= 0.3 is 6.18 Å². The summed E-state index contributed by atoms with van der Waals surface area (Å²) in [5.41, 5.74) is 4.04. The van der Waals surface area contributed by atoms with E-state index < -0.39 is 11.7 Å². The summed E-state index contributed by atoms with van der Waals surface area (Å²) in [4.78, 5) is 18.8. The molecule has 38 heavy (non-hydrogen) atoms. The lowest BCUT2D eigenvalue weighted by molar-refractivity contribution is -0.137. The van der Waals surface area contributed by atoms with E-state index in [9.17, 15) is 13.2 Å². The normalized spacial score (nSPS) is 15.0. The first kappa shape index (κ1) is 24.5. The number of alkyl halides is 3. The molecule has 3 heterocycles. The molecule has 3 aromatic carbocycles. The highest BCUT2D eigenvalue weighted by atomic mass is 32.1. The van der Waals surface area contributed by atoms with Gasteiger partial charge in [0.1, 0.15) is 29.2 Å². The minimum absolute atomic E-state index is 0.406. The number of anilines is 1. The Kier molecular flexibility index (Phi) is 6.32. The minimum atomic E-state index is -4.40. The molecule has 0 amide bonds. The van der Waals surface area contributed by atoms with E-state index in [0.717, 1.165) is 78.4 Å². The molecule has 6 rings (SSSR count). The van der Waals surface area contributed by atoms with Crippen molar-refractivity contribution >= 4 is 40.0 Å². The topological polar surface area (TPSA) is 76.0 Å². The number of para-hydroxylation sites is 2. The van der Waals surface area contributed by atoms with E-state index in [1.54, 1.807) is 6.07 Å². The summed E-state index contributed by atoms with van der Waals surface area (Å²) in [5.74, 6) is 1.20. The number of hydrogen-bond acceptors (Lipinski definition) is 5. The van der Waals surface area contributed by atoms with Gasteiger partial charge in [0.2, 0.25) is 0 Å². The highest BCUT2D eigenvalue weighted by Crippen LogP contribution is 2.33. The predicted molar refractivity (Wildman–Crippen MR) is 144 cm³/mol. The van der Waals surface area contributed by atoms with Gasteiger partial charge in [0.25, 0.3) is 0 Å². The highest BCUT2D eigenvalue weighted by molar-refractivity contribution is 7.71. The van der Waals surface area contributed by atoms with Crippen molar-refractivity contribution in [2.24, 2.45) is 0 Å². The highest BCUT2D eigenvalue weighted by Gasteiger charge is 2.30. The van der Waals surface area contributed by atoms with Crippen molar-refractivity contribution in [2.75, 3.05) is 44.2 Å². The number of rotatable bonds is 6. The molecule has 1 fully saturated rings. The number of halogens is 3. The summed E-state index contributed by atoms with van der Waals surface area (Å²) in [7, 11) is 0. The fourth-order valence-electron chi connectivity index (χ4n) is 4.90. The van der Waals surface area contributed by atoms with Gasteiger partial charge in [0.05, 0.1) is 22.3 Å². The molecular weight excluding hydrogens is 513 g/mol. The van der Waals surface area contributed by atoms with E-state index >= 15 is 0 Å². The molecule has 196 valence electrons. The molecule has 0 spiro atoms. The zero-order valence-corrected chi connectivity index (χ0v) is 21.1. The van der Waals surface area contributed by atoms with Crippen LogP contribution < -0.4 is 9.64 Å². The zero-order valence-electron chi connectivity index (χ0n) is 20.3. The largest absolute Gasteiger partial charge is 0.490 e. The van der Waals surface area contributed by atoms with Crippen LogP contribution in [-0.2, 0) is 6.18 Å². The van der Waals surface area contributed by atoms with Gasteiger partial charge in [-0.3, -0.25) is 4.90 Å². The van der Waals surface area contributed by atoms with Crippen LogP contribution in [0, 0.1) is 4.77 Å². The molecule has 1 saturated heterocycles. The second-order valence-corrected chi connectivity index (χ2v) is 9.68. The van der Waals surface area contributed by atoms with Crippen molar-refractivity contribution < 1.29 is 17.9 Å². The van der Waals surface area contributed by atoms with Crippen molar-refractivity contribution in [1.29, 1.82) is 0 Å². The van der Waals surface area contributed by atoms with Crippen molar-refractivity contribution in [3.63, 3.8) is 0 Å². The lowest BCUT2D eigenvalue weighted by atomic mass is 10.1. The molecule has 3 N–H and O–H groups in total. The number of piperazine rings is 1. The first-order valence-electron chi connectivity index (χ1n) is 12.3. The number of aromatic nitrogens is 4. The van der Waals surface area contributed by atoms with E-state index in [0.29, 0.717) is 22.8 Å². The fraction of sp³-hybridized carbons (Fsp3) is 0.259.